The van der Waals surface area contributed by atoms with Crippen molar-refractivity contribution in [2.24, 2.45) is 5.73 Å². The molecule has 0 radical (unpaired) electrons. The summed E-state index contributed by atoms with van der Waals surface area (Å²) in [6.45, 7) is 2.58. The molecule has 1 aliphatic heterocycles. The molecule has 1 saturated heterocycles. The zero-order valence-electron chi connectivity index (χ0n) is 12.1. The van der Waals surface area contributed by atoms with Gasteiger partial charge in [-0.05, 0) is 51.7 Å². The quantitative estimate of drug-likeness (QED) is 0.911. The molecule has 2 unspecified atom stereocenters. The van der Waals surface area contributed by atoms with Crippen LogP contribution in [0.15, 0.2) is 22.7 Å². The average molecular weight is 344 g/mol. The van der Waals surface area contributed by atoms with Crippen LogP contribution in [0.5, 0.6) is 0 Å². The van der Waals surface area contributed by atoms with Gasteiger partial charge in [0, 0.05) is 35.2 Å². The zero-order chi connectivity index (χ0) is 14.7. The van der Waals surface area contributed by atoms with Crippen molar-refractivity contribution in [2.45, 2.75) is 24.9 Å². The van der Waals surface area contributed by atoms with E-state index in [0.29, 0.717) is 18.2 Å². The summed E-state index contributed by atoms with van der Waals surface area (Å²) >= 11 is 3.41. The van der Waals surface area contributed by atoms with Gasteiger partial charge in [0.25, 0.3) is 0 Å². The summed E-state index contributed by atoms with van der Waals surface area (Å²) in [5, 5.41) is 0. The van der Waals surface area contributed by atoms with E-state index in [2.05, 4.69) is 39.8 Å². The Kier molecular flexibility index (Phi) is 5.55. The van der Waals surface area contributed by atoms with Crippen LogP contribution >= 0.6 is 15.9 Å². The number of likely N-dealkylation sites (N-methyl/N-ethyl adjacent to an activating group) is 2. The van der Waals surface area contributed by atoms with Gasteiger partial charge in [-0.2, -0.15) is 0 Å². The van der Waals surface area contributed by atoms with Crippen molar-refractivity contribution in [3.05, 3.63) is 34.1 Å². The molecular weight excluding hydrogens is 321 g/mol. The third kappa shape index (κ3) is 3.58. The molecule has 0 aliphatic carbocycles. The number of rotatable bonds is 4. The van der Waals surface area contributed by atoms with Gasteiger partial charge in [0.2, 0.25) is 0 Å². The fourth-order valence-corrected chi connectivity index (χ4v) is 3.39. The number of nitrogens with zero attached hydrogens (tertiary/aromatic N) is 2. The molecule has 1 aromatic rings. The second-order valence-electron chi connectivity index (χ2n) is 5.64. The number of piperidine rings is 1. The summed E-state index contributed by atoms with van der Waals surface area (Å²) in [7, 11) is 4.19. The predicted octanol–water partition coefficient (Wildman–Crippen LogP) is 2.61. The standard InChI is InChI=1S/C15H23BrFN3/c1-19-7-3-4-12(10-19)20(2)15(9-18)13-8-11(16)5-6-14(13)17/h5-6,8,12,15H,3-4,7,9-10,18H2,1-2H3. The topological polar surface area (TPSA) is 32.5 Å². The maximum atomic E-state index is 14.1. The van der Waals surface area contributed by atoms with Crippen LogP contribution in [-0.4, -0.2) is 49.6 Å². The van der Waals surface area contributed by atoms with Crippen LogP contribution < -0.4 is 5.73 Å². The van der Waals surface area contributed by atoms with E-state index in [1.807, 2.05) is 6.07 Å². The molecule has 112 valence electrons. The van der Waals surface area contributed by atoms with E-state index < -0.39 is 0 Å². The predicted molar refractivity (Wildman–Crippen MR) is 84.2 cm³/mol. The van der Waals surface area contributed by atoms with Crippen LogP contribution in [0.25, 0.3) is 0 Å². The number of likely N-dealkylation sites (tertiary alicyclic amines) is 1. The van der Waals surface area contributed by atoms with Gasteiger partial charge in [0.1, 0.15) is 5.82 Å². The van der Waals surface area contributed by atoms with Crippen LogP contribution in [0.4, 0.5) is 4.39 Å². The Balaban J connectivity index is 2.20. The monoisotopic (exact) mass is 343 g/mol. The molecule has 0 aromatic heterocycles. The second-order valence-corrected chi connectivity index (χ2v) is 6.56. The molecule has 0 spiro atoms. The van der Waals surface area contributed by atoms with Gasteiger partial charge in [-0.1, -0.05) is 15.9 Å². The number of nitrogens with two attached hydrogens (primary N) is 1. The van der Waals surface area contributed by atoms with Crippen LogP contribution in [0.2, 0.25) is 0 Å². The van der Waals surface area contributed by atoms with Crippen molar-refractivity contribution in [1.82, 2.24) is 9.80 Å². The van der Waals surface area contributed by atoms with E-state index >= 15 is 0 Å². The Morgan fingerprint density at radius 2 is 2.30 bits per heavy atom. The lowest BCUT2D eigenvalue weighted by Crippen LogP contribution is -2.47. The Morgan fingerprint density at radius 3 is 2.95 bits per heavy atom. The van der Waals surface area contributed by atoms with Crippen molar-refractivity contribution in [3.63, 3.8) is 0 Å². The molecule has 20 heavy (non-hydrogen) atoms. The summed E-state index contributed by atoms with van der Waals surface area (Å²) in [5.41, 5.74) is 6.61. The van der Waals surface area contributed by atoms with Crippen LogP contribution in [0.1, 0.15) is 24.4 Å². The van der Waals surface area contributed by atoms with Crippen molar-refractivity contribution >= 4 is 15.9 Å². The lowest BCUT2D eigenvalue weighted by atomic mass is 9.99. The number of benzene rings is 1. The number of hydrogen-bond acceptors (Lipinski definition) is 3. The minimum Gasteiger partial charge on any atom is -0.329 e. The lowest BCUT2D eigenvalue weighted by Gasteiger charge is -2.40. The van der Waals surface area contributed by atoms with Gasteiger partial charge < -0.3 is 10.6 Å². The molecule has 2 rings (SSSR count). The van der Waals surface area contributed by atoms with Crippen LogP contribution in [0.3, 0.4) is 0 Å². The Bertz CT molecular complexity index is 455. The Morgan fingerprint density at radius 1 is 1.55 bits per heavy atom. The minimum absolute atomic E-state index is 0.0796. The minimum atomic E-state index is -0.181. The van der Waals surface area contributed by atoms with Gasteiger partial charge in [-0.3, -0.25) is 4.90 Å². The molecule has 1 fully saturated rings. The third-order valence-corrected chi connectivity index (χ3v) is 4.70. The van der Waals surface area contributed by atoms with Gasteiger partial charge in [0.05, 0.1) is 0 Å². The maximum absolute atomic E-state index is 14.1. The first-order valence-corrected chi connectivity index (χ1v) is 7.87. The molecule has 3 nitrogen and oxygen atoms in total. The molecule has 2 N–H and O–H groups in total. The van der Waals surface area contributed by atoms with Crippen molar-refractivity contribution in [1.29, 1.82) is 0 Å². The highest BCUT2D eigenvalue weighted by Crippen LogP contribution is 2.28. The second kappa shape index (κ2) is 6.98. The van der Waals surface area contributed by atoms with E-state index in [0.717, 1.165) is 24.0 Å². The smallest absolute Gasteiger partial charge is 0.128 e. The van der Waals surface area contributed by atoms with Crippen LogP contribution in [0, 0.1) is 5.82 Å². The highest BCUT2D eigenvalue weighted by Gasteiger charge is 2.28. The summed E-state index contributed by atoms with van der Waals surface area (Å²) < 4.78 is 15.0. The molecule has 0 saturated carbocycles. The van der Waals surface area contributed by atoms with E-state index in [1.54, 1.807) is 6.07 Å². The number of halogens is 2. The van der Waals surface area contributed by atoms with Gasteiger partial charge >= 0.3 is 0 Å². The van der Waals surface area contributed by atoms with Crippen molar-refractivity contribution in [3.8, 4) is 0 Å². The average Bonchev–Trinajstić information content (AvgIpc) is 2.43. The van der Waals surface area contributed by atoms with E-state index in [1.165, 1.54) is 12.5 Å². The van der Waals surface area contributed by atoms with Crippen molar-refractivity contribution in [2.75, 3.05) is 33.7 Å². The Hall–Kier alpha value is -0.490. The number of hydrogen-bond donors (Lipinski definition) is 1. The van der Waals surface area contributed by atoms with Crippen LogP contribution in [-0.2, 0) is 0 Å². The fraction of sp³-hybridized carbons (Fsp3) is 0.600. The van der Waals surface area contributed by atoms with E-state index in [9.17, 15) is 4.39 Å². The molecule has 5 heteroatoms. The highest BCUT2D eigenvalue weighted by molar-refractivity contribution is 9.10. The molecule has 0 amide bonds. The first-order valence-electron chi connectivity index (χ1n) is 7.08. The van der Waals surface area contributed by atoms with Crippen molar-refractivity contribution < 1.29 is 4.39 Å². The largest absolute Gasteiger partial charge is 0.329 e. The first kappa shape index (κ1) is 15.9. The zero-order valence-corrected chi connectivity index (χ0v) is 13.7. The first-order chi connectivity index (χ1) is 9.52. The lowest BCUT2D eigenvalue weighted by molar-refractivity contribution is 0.0996. The third-order valence-electron chi connectivity index (χ3n) is 4.21. The molecule has 1 aliphatic rings. The van der Waals surface area contributed by atoms with Gasteiger partial charge in [-0.15, -0.1) is 0 Å². The normalized spacial score (nSPS) is 22.2. The summed E-state index contributed by atoms with van der Waals surface area (Å²) in [6.07, 6.45) is 2.33. The SMILES string of the molecule is CN1CCCC(N(C)C(CN)c2cc(Br)ccc2F)C1. The molecule has 1 aromatic carbocycles. The molecule has 0 bridgehead atoms. The Labute approximate surface area is 129 Å². The molecular formula is C15H23BrFN3. The summed E-state index contributed by atoms with van der Waals surface area (Å²) in [5.74, 6) is -0.181. The fourth-order valence-electron chi connectivity index (χ4n) is 3.01. The summed E-state index contributed by atoms with van der Waals surface area (Å²) in [6, 6.07) is 5.42. The molecule has 1 heterocycles. The summed E-state index contributed by atoms with van der Waals surface area (Å²) in [4.78, 5) is 4.57. The van der Waals surface area contributed by atoms with E-state index in [-0.39, 0.29) is 11.9 Å². The van der Waals surface area contributed by atoms with Gasteiger partial charge in [0.15, 0.2) is 0 Å². The molecule has 2 atom stereocenters. The maximum Gasteiger partial charge on any atom is 0.128 e. The van der Waals surface area contributed by atoms with E-state index in [4.69, 9.17) is 5.73 Å². The highest BCUT2D eigenvalue weighted by atomic mass is 79.9. The van der Waals surface area contributed by atoms with Gasteiger partial charge in [-0.25, -0.2) is 4.39 Å².